The summed E-state index contributed by atoms with van der Waals surface area (Å²) in [5.74, 6) is 3.95. The van der Waals surface area contributed by atoms with Crippen LogP contribution in [-0.4, -0.2) is 14.0 Å². The van der Waals surface area contributed by atoms with Crippen molar-refractivity contribution in [1.82, 2.24) is 0 Å². The van der Waals surface area contributed by atoms with Crippen LogP contribution in [0.15, 0.2) is 184 Å². The van der Waals surface area contributed by atoms with Gasteiger partial charge in [0, 0.05) is 16.7 Å². The third-order valence-corrected chi connectivity index (χ3v) is 10.8. The molecule has 0 fully saturated rings. The Morgan fingerprint density at radius 2 is 1.18 bits per heavy atom. The maximum absolute atomic E-state index is 8.83. The first-order valence-corrected chi connectivity index (χ1v) is 21.0. The average Bonchev–Trinajstić information content (AvgIpc) is 3.24. The van der Waals surface area contributed by atoms with E-state index in [2.05, 4.69) is 152 Å². The fourth-order valence-corrected chi connectivity index (χ4v) is 8.31. The van der Waals surface area contributed by atoms with Gasteiger partial charge in [0.1, 0.15) is 11.5 Å². The molecule has 5 aromatic rings. The first-order valence-electron chi connectivity index (χ1n) is 19.6. The first kappa shape index (κ1) is 38.3. The molecule has 0 bridgehead atoms. The van der Waals surface area contributed by atoms with Gasteiger partial charge in [-0.15, -0.1) is 0 Å². The molecular formula is C50H46ClO6+. The van der Waals surface area contributed by atoms with Crippen molar-refractivity contribution in [2.75, 3.05) is 0 Å². The molecule has 57 heavy (non-hydrogen) atoms. The number of hydrogen-bond acceptors (Lipinski definition) is 5. The molecular weight excluding hydrogens is 732 g/mol. The summed E-state index contributed by atoms with van der Waals surface area (Å²) in [6.45, 7) is 0. The quantitative estimate of drug-likeness (QED) is 0.148. The third kappa shape index (κ3) is 9.35. The van der Waals surface area contributed by atoms with Crippen molar-refractivity contribution < 1.29 is 38.0 Å². The second-order valence-corrected chi connectivity index (χ2v) is 15.6. The Morgan fingerprint density at radius 3 is 1.84 bits per heavy atom. The predicted molar refractivity (Wildman–Crippen MR) is 221 cm³/mol. The van der Waals surface area contributed by atoms with E-state index in [1.54, 1.807) is 0 Å². The van der Waals surface area contributed by atoms with Gasteiger partial charge in [-0.05, 0) is 115 Å². The molecule has 9 rings (SSSR count). The van der Waals surface area contributed by atoms with E-state index in [1.807, 2.05) is 0 Å². The number of allylic oxidation sites excluding steroid dienone is 10. The van der Waals surface area contributed by atoms with Crippen LogP contribution in [0.3, 0.4) is 0 Å². The Hall–Kier alpha value is -5.60. The van der Waals surface area contributed by atoms with Gasteiger partial charge in [0.2, 0.25) is 0 Å². The Labute approximate surface area is 336 Å². The predicted octanol–water partition coefficient (Wildman–Crippen LogP) is 10.8. The molecule has 1 aromatic heterocycles. The van der Waals surface area contributed by atoms with Gasteiger partial charge in [-0.2, -0.15) is 0 Å². The van der Waals surface area contributed by atoms with Crippen LogP contribution in [0.1, 0.15) is 73.8 Å². The van der Waals surface area contributed by atoms with Crippen LogP contribution in [-0.2, 0) is 11.2 Å². The molecule has 0 atom stereocenters. The molecule has 4 aliphatic rings. The fraction of sp³-hybridized carbons (Fsp3) is 0.180. The standard InChI is InChI=1S/C50H43O2.ClH3O4/c1-5-18-37(19-6-1)45-33-47(39-22-9-3-10-23-39)51-49-41(26-14-28-43(45)49)31-35-16-13-17-36(30-35)32-42-27-15-29-44-46(38-20-7-2-8-21-38)34-48(52-50(42)44)40-24-11-4-12-25-40;2-1(3,4)5/h1-12,18-25,30-34H,13-17,26-29H2;2-4H/q+1;. The molecule has 7 heteroatoms. The summed E-state index contributed by atoms with van der Waals surface area (Å²) < 4.78 is 43.9. The number of ether oxygens (including phenoxy) is 1. The maximum atomic E-state index is 8.83. The summed E-state index contributed by atoms with van der Waals surface area (Å²) in [5.41, 5.74) is 15.3. The second-order valence-electron chi connectivity index (χ2n) is 14.8. The van der Waals surface area contributed by atoms with Gasteiger partial charge in [-0.3, -0.25) is 0 Å². The summed E-state index contributed by atoms with van der Waals surface area (Å²) >= 11 is 0. The molecule has 6 nitrogen and oxygen atoms in total. The van der Waals surface area contributed by atoms with Crippen LogP contribution in [0.25, 0.3) is 39.4 Å². The third-order valence-electron chi connectivity index (χ3n) is 10.8. The molecule has 0 saturated heterocycles. The van der Waals surface area contributed by atoms with Crippen LogP contribution >= 0.6 is 0 Å². The number of fused-ring (bicyclic) bond motifs is 2. The van der Waals surface area contributed by atoms with Crippen molar-refractivity contribution in [3.63, 3.8) is 0 Å². The normalized spacial score (nSPS) is 18.5. The topological polar surface area (TPSA) is 104 Å². The fourth-order valence-electron chi connectivity index (χ4n) is 8.31. The summed E-state index contributed by atoms with van der Waals surface area (Å²) in [6.07, 6.45) is 19.2. The molecule has 2 heterocycles. The van der Waals surface area contributed by atoms with Crippen molar-refractivity contribution in [3.05, 3.63) is 202 Å². The van der Waals surface area contributed by atoms with Crippen molar-refractivity contribution in [3.8, 4) is 22.5 Å². The molecule has 0 saturated carbocycles. The van der Waals surface area contributed by atoms with Crippen LogP contribution in [0.4, 0.5) is 0 Å². The molecule has 0 unspecified atom stereocenters. The Bertz CT molecular complexity index is 2410. The molecule has 1 aliphatic heterocycles. The van der Waals surface area contributed by atoms with Gasteiger partial charge in [0.15, 0.2) is 0 Å². The number of hydrogen-bond donors (Lipinski definition) is 3. The van der Waals surface area contributed by atoms with E-state index >= 15 is 0 Å². The molecule has 0 radical (unpaired) electrons. The second kappa shape index (κ2) is 17.3. The van der Waals surface area contributed by atoms with Crippen LogP contribution < -0.4 is 4.66 Å². The van der Waals surface area contributed by atoms with Crippen LogP contribution in [0, 0.1) is 10.2 Å². The number of benzene rings is 4. The van der Waals surface area contributed by atoms with Gasteiger partial charge in [0.25, 0.3) is 0 Å². The zero-order chi connectivity index (χ0) is 39.2. The Kier molecular flexibility index (Phi) is 11.6. The minimum atomic E-state index is -4.19. The van der Waals surface area contributed by atoms with Crippen molar-refractivity contribution in [2.24, 2.45) is 0 Å². The van der Waals surface area contributed by atoms with E-state index in [0.29, 0.717) is 0 Å². The monoisotopic (exact) mass is 777 g/mol. The number of halogens is 1. The van der Waals surface area contributed by atoms with Crippen LogP contribution in [0.5, 0.6) is 0 Å². The van der Waals surface area contributed by atoms with E-state index < -0.39 is 10.2 Å². The van der Waals surface area contributed by atoms with Gasteiger partial charge < -0.3 is 4.74 Å². The minimum absolute atomic E-state index is 0.921. The summed E-state index contributed by atoms with van der Waals surface area (Å²) in [4.78, 5) is 0. The zero-order valence-electron chi connectivity index (χ0n) is 31.7. The Balaban J connectivity index is 0.000000859. The van der Waals surface area contributed by atoms with E-state index in [0.717, 1.165) is 92.0 Å². The molecule has 4 aromatic carbocycles. The van der Waals surface area contributed by atoms with Crippen LogP contribution in [0.2, 0.25) is 0 Å². The summed E-state index contributed by atoms with van der Waals surface area (Å²) in [6, 6.07) is 44.9. The summed E-state index contributed by atoms with van der Waals surface area (Å²) in [7, 11) is -4.19. The van der Waals surface area contributed by atoms with Crippen molar-refractivity contribution >= 4 is 16.9 Å². The van der Waals surface area contributed by atoms with E-state index in [9.17, 15) is 0 Å². The van der Waals surface area contributed by atoms with Gasteiger partial charge in [-0.1, -0.05) is 121 Å². The van der Waals surface area contributed by atoms with Gasteiger partial charge >= 0.3 is 40.4 Å². The average molecular weight is 778 g/mol. The summed E-state index contributed by atoms with van der Waals surface area (Å²) in [5, 5.41) is 0. The van der Waals surface area contributed by atoms with Crippen molar-refractivity contribution in [2.45, 2.75) is 57.8 Å². The van der Waals surface area contributed by atoms with Crippen molar-refractivity contribution in [1.29, 1.82) is 0 Å². The molecule has 288 valence electrons. The molecule has 0 amide bonds. The van der Waals surface area contributed by atoms with E-state index in [4.69, 9.17) is 27.8 Å². The first-order chi connectivity index (χ1) is 27.8. The molecule has 0 spiro atoms. The van der Waals surface area contributed by atoms with Gasteiger partial charge in [0.05, 0.1) is 22.8 Å². The van der Waals surface area contributed by atoms with E-state index in [1.165, 1.54) is 55.7 Å². The molecule has 3 aliphatic carbocycles. The Morgan fingerprint density at radius 1 is 0.596 bits per heavy atom. The number of rotatable bonds is 6. The van der Waals surface area contributed by atoms with E-state index in [-0.39, 0.29) is 0 Å². The van der Waals surface area contributed by atoms with Gasteiger partial charge in [-0.25, -0.2) is 4.42 Å². The SMILES string of the molecule is C1=C(/C=C2\CCCc3c(-c4ccccc4)cc(-c4ccccc4)[o+]c32)CCC/C1=C\C1=C2OC(c3ccccc3)=CC(c3ccccc3)=C2CCC1.[O-][Cl+](O)(O)O. The molecule has 3 N–H and O–H groups in total. The zero-order valence-corrected chi connectivity index (χ0v) is 32.5.